The van der Waals surface area contributed by atoms with E-state index >= 15 is 0 Å². The van der Waals surface area contributed by atoms with Gasteiger partial charge in [0.25, 0.3) is 11.8 Å². The number of carbonyl (C=O) groups excluding carboxylic acids is 3. The number of carbonyl (C=O) groups is 3. The van der Waals surface area contributed by atoms with Crippen LogP contribution in [0.15, 0.2) is 78.5 Å². The number of benzene rings is 3. The highest BCUT2D eigenvalue weighted by atomic mass is 32.2. The van der Waals surface area contributed by atoms with E-state index < -0.39 is 0 Å². The van der Waals surface area contributed by atoms with E-state index in [1.807, 2.05) is 48.5 Å². The zero-order valence-electron chi connectivity index (χ0n) is 17.9. The summed E-state index contributed by atoms with van der Waals surface area (Å²) >= 11 is 1.45. The van der Waals surface area contributed by atoms with Crippen molar-refractivity contribution in [3.05, 3.63) is 84.4 Å². The molecule has 1 aromatic heterocycles. The number of hydrogen-bond acceptors (Lipinski definition) is 5. The second-order valence-electron chi connectivity index (χ2n) is 7.79. The molecule has 0 unspecified atom stereocenters. The van der Waals surface area contributed by atoms with E-state index in [9.17, 15) is 14.4 Å². The van der Waals surface area contributed by atoms with Crippen molar-refractivity contribution in [1.82, 2.24) is 14.5 Å². The third-order valence-corrected chi connectivity index (χ3v) is 6.67. The summed E-state index contributed by atoms with van der Waals surface area (Å²) in [7, 11) is 0. The van der Waals surface area contributed by atoms with Crippen LogP contribution >= 0.6 is 11.8 Å². The summed E-state index contributed by atoms with van der Waals surface area (Å²) in [6.45, 7) is 3.91. The molecule has 7 heteroatoms. The van der Waals surface area contributed by atoms with Gasteiger partial charge in [-0.1, -0.05) is 54.2 Å². The maximum atomic E-state index is 13.2. The highest BCUT2D eigenvalue weighted by molar-refractivity contribution is 7.99. The molecule has 0 saturated heterocycles. The Labute approximate surface area is 194 Å². The summed E-state index contributed by atoms with van der Waals surface area (Å²) in [4.78, 5) is 45.1. The minimum absolute atomic E-state index is 0.116. The van der Waals surface area contributed by atoms with Gasteiger partial charge in [0.05, 0.1) is 11.0 Å². The Balaban J connectivity index is 1.35. The van der Waals surface area contributed by atoms with E-state index in [0.717, 1.165) is 16.4 Å². The average molecular weight is 456 g/mol. The SMILES string of the molecule is C=CCSc1nc2ccccc2n1C(=O)CCCN1C(=O)c2cccc3cccc(c23)C1=O. The van der Waals surface area contributed by atoms with Crippen LogP contribution in [0.1, 0.15) is 38.4 Å². The Morgan fingerprint density at radius 1 is 0.970 bits per heavy atom. The summed E-state index contributed by atoms with van der Waals surface area (Å²) in [6, 6.07) is 18.4. The monoisotopic (exact) mass is 455 g/mol. The lowest BCUT2D eigenvalue weighted by molar-refractivity contribution is 0.0601. The Morgan fingerprint density at radius 2 is 1.67 bits per heavy atom. The normalized spacial score (nSPS) is 13.2. The quantitative estimate of drug-likeness (QED) is 0.218. The molecule has 0 aliphatic carbocycles. The number of para-hydroxylation sites is 2. The van der Waals surface area contributed by atoms with E-state index in [2.05, 4.69) is 11.6 Å². The lowest BCUT2D eigenvalue weighted by Gasteiger charge is -2.27. The van der Waals surface area contributed by atoms with Crippen LogP contribution in [-0.4, -0.2) is 44.5 Å². The fourth-order valence-electron chi connectivity index (χ4n) is 4.26. The van der Waals surface area contributed by atoms with Crippen molar-refractivity contribution in [3.8, 4) is 0 Å². The molecule has 164 valence electrons. The molecule has 2 heterocycles. The molecule has 0 N–H and O–H groups in total. The predicted octanol–water partition coefficient (Wildman–Crippen LogP) is 5.18. The maximum Gasteiger partial charge on any atom is 0.261 e. The minimum Gasteiger partial charge on any atom is -0.274 e. The molecule has 0 atom stereocenters. The second kappa shape index (κ2) is 8.67. The first-order valence-corrected chi connectivity index (χ1v) is 11.7. The molecule has 33 heavy (non-hydrogen) atoms. The molecule has 5 rings (SSSR count). The topological polar surface area (TPSA) is 72.3 Å². The minimum atomic E-state index is -0.313. The van der Waals surface area contributed by atoms with E-state index in [1.165, 1.54) is 16.7 Å². The van der Waals surface area contributed by atoms with E-state index in [-0.39, 0.29) is 30.7 Å². The Kier molecular flexibility index (Phi) is 5.56. The van der Waals surface area contributed by atoms with Crippen LogP contribution in [0.3, 0.4) is 0 Å². The maximum absolute atomic E-state index is 13.2. The van der Waals surface area contributed by atoms with Crippen molar-refractivity contribution in [2.24, 2.45) is 0 Å². The molecule has 1 aliphatic heterocycles. The smallest absolute Gasteiger partial charge is 0.261 e. The fraction of sp³-hybridized carbons (Fsp3) is 0.154. The third kappa shape index (κ3) is 3.64. The summed E-state index contributed by atoms with van der Waals surface area (Å²) in [6.07, 6.45) is 2.32. The number of imide groups is 1. The number of hydrogen-bond donors (Lipinski definition) is 0. The first-order valence-electron chi connectivity index (χ1n) is 10.7. The zero-order chi connectivity index (χ0) is 22.9. The van der Waals surface area contributed by atoms with Gasteiger partial charge in [-0.15, -0.1) is 6.58 Å². The summed E-state index contributed by atoms with van der Waals surface area (Å²) in [5.74, 6) is -0.105. The van der Waals surface area contributed by atoms with Crippen LogP contribution in [0, 0.1) is 0 Å². The highest BCUT2D eigenvalue weighted by Crippen LogP contribution is 2.30. The fourth-order valence-corrected chi connectivity index (χ4v) is 5.02. The van der Waals surface area contributed by atoms with Crippen molar-refractivity contribution in [2.75, 3.05) is 12.3 Å². The van der Waals surface area contributed by atoms with Crippen molar-refractivity contribution in [2.45, 2.75) is 18.0 Å². The molecule has 0 saturated carbocycles. The first kappa shape index (κ1) is 21.2. The number of aromatic nitrogens is 2. The lowest BCUT2D eigenvalue weighted by atomic mass is 9.94. The molecule has 2 amide bonds. The predicted molar refractivity (Wildman–Crippen MR) is 130 cm³/mol. The van der Waals surface area contributed by atoms with Crippen LogP contribution in [0.25, 0.3) is 21.8 Å². The Morgan fingerprint density at radius 3 is 2.36 bits per heavy atom. The molecule has 4 aromatic rings. The molecule has 1 aliphatic rings. The van der Waals surface area contributed by atoms with Gasteiger partial charge in [0, 0.05) is 35.2 Å². The van der Waals surface area contributed by atoms with Crippen molar-refractivity contribution in [3.63, 3.8) is 0 Å². The van der Waals surface area contributed by atoms with E-state index in [0.29, 0.717) is 33.8 Å². The molecule has 0 radical (unpaired) electrons. The van der Waals surface area contributed by atoms with Gasteiger partial charge in [-0.3, -0.25) is 23.9 Å². The number of rotatable bonds is 7. The van der Waals surface area contributed by atoms with Crippen LogP contribution in [-0.2, 0) is 0 Å². The van der Waals surface area contributed by atoms with Gasteiger partial charge in [0.15, 0.2) is 5.16 Å². The van der Waals surface area contributed by atoms with Gasteiger partial charge < -0.3 is 0 Å². The summed E-state index contributed by atoms with van der Waals surface area (Å²) in [5.41, 5.74) is 2.55. The van der Waals surface area contributed by atoms with Crippen LogP contribution in [0.4, 0.5) is 0 Å². The number of imidazole rings is 1. The molecule has 3 aromatic carbocycles. The van der Waals surface area contributed by atoms with Crippen LogP contribution in [0.5, 0.6) is 0 Å². The van der Waals surface area contributed by atoms with Crippen LogP contribution < -0.4 is 0 Å². The average Bonchev–Trinajstić information content (AvgIpc) is 3.21. The second-order valence-corrected chi connectivity index (χ2v) is 8.77. The van der Waals surface area contributed by atoms with Gasteiger partial charge in [0.1, 0.15) is 0 Å². The molecular formula is C26H21N3O3S. The van der Waals surface area contributed by atoms with Gasteiger partial charge in [-0.2, -0.15) is 0 Å². The van der Waals surface area contributed by atoms with Crippen LogP contribution in [0.2, 0.25) is 0 Å². The highest BCUT2D eigenvalue weighted by Gasteiger charge is 2.32. The molecular weight excluding hydrogens is 434 g/mol. The number of nitrogens with zero attached hydrogens (tertiary/aromatic N) is 3. The standard InChI is InChI=1S/C26H21N3O3S/c1-2-16-33-26-27-20-12-3-4-13-21(20)29(26)22(30)14-7-15-28-24(31)18-10-5-8-17-9-6-11-19(23(17)18)25(28)32/h2-6,8-13H,1,7,14-16H2. The van der Waals surface area contributed by atoms with Gasteiger partial charge in [-0.05, 0) is 36.1 Å². The molecule has 0 fully saturated rings. The van der Waals surface area contributed by atoms with Crippen molar-refractivity contribution < 1.29 is 14.4 Å². The largest absolute Gasteiger partial charge is 0.274 e. The summed E-state index contributed by atoms with van der Waals surface area (Å²) < 4.78 is 1.62. The van der Waals surface area contributed by atoms with Gasteiger partial charge >= 0.3 is 0 Å². The summed E-state index contributed by atoms with van der Waals surface area (Å²) in [5, 5.41) is 2.20. The molecule has 0 bridgehead atoms. The lowest BCUT2D eigenvalue weighted by Crippen LogP contribution is -2.41. The van der Waals surface area contributed by atoms with Gasteiger partial charge in [-0.25, -0.2) is 4.98 Å². The Hall–Kier alpha value is -3.71. The number of fused-ring (bicyclic) bond motifs is 1. The zero-order valence-corrected chi connectivity index (χ0v) is 18.7. The first-order chi connectivity index (χ1) is 16.1. The van der Waals surface area contributed by atoms with Crippen molar-refractivity contribution in [1.29, 1.82) is 0 Å². The Bertz CT molecular complexity index is 1390. The van der Waals surface area contributed by atoms with E-state index in [4.69, 9.17) is 0 Å². The molecule has 6 nitrogen and oxygen atoms in total. The number of thioether (sulfide) groups is 1. The molecule has 0 spiro atoms. The van der Waals surface area contributed by atoms with Gasteiger partial charge in [0.2, 0.25) is 5.91 Å². The third-order valence-electron chi connectivity index (χ3n) is 5.74. The number of amides is 2. The van der Waals surface area contributed by atoms with Crippen molar-refractivity contribution >= 4 is 51.3 Å². The van der Waals surface area contributed by atoms with E-state index in [1.54, 1.807) is 22.8 Å².